The minimum absolute atomic E-state index is 0.0679. The first-order valence-electron chi connectivity index (χ1n) is 7.70. The monoisotopic (exact) mass is 356 g/mol. The molecule has 134 valence electrons. The number of amides is 2. The fraction of sp³-hybridized carbons (Fsp3) is 0.176. The van der Waals surface area contributed by atoms with Crippen LogP contribution in [0, 0.1) is 10.1 Å². The molecule has 4 N–H and O–H groups in total. The smallest absolute Gasteiger partial charge is 0.273 e. The second kappa shape index (κ2) is 6.36. The second-order valence-corrected chi connectivity index (χ2v) is 5.83. The molecule has 9 heteroatoms. The van der Waals surface area contributed by atoms with Gasteiger partial charge in [-0.05, 0) is 30.7 Å². The Morgan fingerprint density at radius 2 is 2.08 bits per heavy atom. The van der Waals surface area contributed by atoms with Crippen LogP contribution >= 0.6 is 0 Å². The van der Waals surface area contributed by atoms with Gasteiger partial charge in [0.1, 0.15) is 5.75 Å². The molecule has 1 aliphatic heterocycles. The van der Waals surface area contributed by atoms with Crippen molar-refractivity contribution in [2.24, 2.45) is 0 Å². The maximum Gasteiger partial charge on any atom is 0.273 e. The van der Waals surface area contributed by atoms with E-state index in [2.05, 4.69) is 10.6 Å². The number of nitrogens with two attached hydrogens (primary N) is 1. The number of benzene rings is 2. The molecular formula is C17H16N4O5. The molecule has 0 spiro atoms. The van der Waals surface area contributed by atoms with Gasteiger partial charge in [0.05, 0.1) is 41.0 Å². The molecule has 0 saturated carbocycles. The van der Waals surface area contributed by atoms with Gasteiger partial charge < -0.3 is 21.1 Å². The first kappa shape index (κ1) is 17.2. The molecule has 1 aliphatic rings. The van der Waals surface area contributed by atoms with Crippen LogP contribution in [-0.2, 0) is 4.79 Å². The molecule has 0 unspecified atom stereocenters. The van der Waals surface area contributed by atoms with Crippen LogP contribution in [0.1, 0.15) is 28.8 Å². The Morgan fingerprint density at radius 3 is 2.73 bits per heavy atom. The van der Waals surface area contributed by atoms with E-state index >= 15 is 0 Å². The van der Waals surface area contributed by atoms with Gasteiger partial charge >= 0.3 is 0 Å². The van der Waals surface area contributed by atoms with Crippen molar-refractivity contribution in [2.75, 3.05) is 23.5 Å². The van der Waals surface area contributed by atoms with E-state index in [-0.39, 0.29) is 28.8 Å². The van der Waals surface area contributed by atoms with Crippen molar-refractivity contribution < 1.29 is 19.2 Å². The van der Waals surface area contributed by atoms with Crippen molar-refractivity contribution in [1.82, 2.24) is 0 Å². The third-order valence-corrected chi connectivity index (χ3v) is 4.23. The van der Waals surface area contributed by atoms with Gasteiger partial charge in [-0.1, -0.05) is 0 Å². The number of carbonyl (C=O) groups excluding carboxylic acids is 2. The number of hydrogen-bond donors (Lipinski definition) is 3. The molecule has 2 aromatic carbocycles. The van der Waals surface area contributed by atoms with Gasteiger partial charge in [0.15, 0.2) is 0 Å². The lowest BCUT2D eigenvalue weighted by Crippen LogP contribution is -2.14. The van der Waals surface area contributed by atoms with Crippen LogP contribution in [0.5, 0.6) is 5.75 Å². The summed E-state index contributed by atoms with van der Waals surface area (Å²) in [7, 11) is 1.32. The number of carbonyl (C=O) groups is 2. The lowest BCUT2D eigenvalue weighted by atomic mass is 10.0. The molecule has 2 amide bonds. The number of nitrogens with zero attached hydrogens (tertiary/aromatic N) is 1. The standard InChI is InChI=1S/C17H16N4O5/c1-8-11-6-12(18)14(7-13(11)19-16(8)22)20-17(23)10-4-3-9(21(24)25)5-15(10)26-2/h3-8H,18H2,1-2H3,(H,19,22)(H,20,23)/t8-/m0/s1. The first-order valence-corrected chi connectivity index (χ1v) is 7.70. The molecule has 26 heavy (non-hydrogen) atoms. The molecule has 0 aromatic heterocycles. The maximum absolute atomic E-state index is 12.6. The largest absolute Gasteiger partial charge is 0.496 e. The van der Waals surface area contributed by atoms with Crippen LogP contribution in [0.25, 0.3) is 0 Å². The topological polar surface area (TPSA) is 137 Å². The third kappa shape index (κ3) is 2.90. The molecule has 0 saturated heterocycles. The fourth-order valence-electron chi connectivity index (χ4n) is 2.76. The summed E-state index contributed by atoms with van der Waals surface area (Å²) in [5.74, 6) is -0.925. The van der Waals surface area contributed by atoms with Crippen LogP contribution in [0.4, 0.5) is 22.7 Å². The Bertz CT molecular complexity index is 941. The van der Waals surface area contributed by atoms with Gasteiger partial charge in [0.25, 0.3) is 11.6 Å². The fourth-order valence-corrected chi connectivity index (χ4v) is 2.76. The predicted octanol–water partition coefficient (Wildman–Crippen LogP) is 2.49. The summed E-state index contributed by atoms with van der Waals surface area (Å²) >= 11 is 0. The van der Waals surface area contributed by atoms with E-state index in [1.54, 1.807) is 19.1 Å². The summed E-state index contributed by atoms with van der Waals surface area (Å²) in [4.78, 5) is 34.6. The number of ether oxygens (including phenoxy) is 1. The van der Waals surface area contributed by atoms with Gasteiger partial charge in [-0.15, -0.1) is 0 Å². The molecule has 0 bridgehead atoms. The molecule has 0 radical (unpaired) electrons. The minimum Gasteiger partial charge on any atom is -0.496 e. The zero-order valence-electron chi connectivity index (χ0n) is 14.0. The maximum atomic E-state index is 12.6. The highest BCUT2D eigenvalue weighted by molar-refractivity contribution is 6.09. The average molecular weight is 356 g/mol. The van der Waals surface area contributed by atoms with Crippen LogP contribution in [0.2, 0.25) is 0 Å². The molecule has 0 fully saturated rings. The number of nitrogens with one attached hydrogen (secondary N) is 2. The zero-order chi connectivity index (χ0) is 19.0. The van der Waals surface area contributed by atoms with Crippen LogP contribution in [-0.4, -0.2) is 23.8 Å². The van der Waals surface area contributed by atoms with Crippen molar-refractivity contribution in [3.05, 3.63) is 51.6 Å². The summed E-state index contributed by atoms with van der Waals surface area (Å²) < 4.78 is 5.07. The number of anilines is 3. The van der Waals surface area contributed by atoms with Gasteiger partial charge in [0.2, 0.25) is 5.91 Å². The van der Waals surface area contributed by atoms with Gasteiger partial charge in [-0.3, -0.25) is 19.7 Å². The summed E-state index contributed by atoms with van der Waals surface area (Å²) in [5, 5.41) is 16.2. The Kier molecular flexibility index (Phi) is 4.21. The molecule has 0 aliphatic carbocycles. The second-order valence-electron chi connectivity index (χ2n) is 5.83. The van der Waals surface area contributed by atoms with E-state index in [1.807, 2.05) is 0 Å². The molecule has 1 heterocycles. The van der Waals surface area contributed by atoms with E-state index in [4.69, 9.17) is 10.5 Å². The quantitative estimate of drug-likeness (QED) is 0.437. The number of methoxy groups -OCH3 is 1. The number of rotatable bonds is 4. The average Bonchev–Trinajstić information content (AvgIpc) is 2.88. The van der Waals surface area contributed by atoms with E-state index < -0.39 is 10.8 Å². The highest BCUT2D eigenvalue weighted by Crippen LogP contribution is 2.37. The van der Waals surface area contributed by atoms with E-state index in [0.717, 1.165) is 5.56 Å². The molecule has 9 nitrogen and oxygen atoms in total. The summed E-state index contributed by atoms with van der Waals surface area (Å²) in [6.07, 6.45) is 0. The van der Waals surface area contributed by atoms with Gasteiger partial charge in [-0.25, -0.2) is 0 Å². The van der Waals surface area contributed by atoms with Crippen LogP contribution in [0.3, 0.4) is 0 Å². The highest BCUT2D eigenvalue weighted by atomic mass is 16.6. The minimum atomic E-state index is -0.577. The Hall–Kier alpha value is -3.62. The molecule has 3 rings (SSSR count). The van der Waals surface area contributed by atoms with Crippen LogP contribution in [0.15, 0.2) is 30.3 Å². The van der Waals surface area contributed by atoms with Crippen LogP contribution < -0.4 is 21.1 Å². The van der Waals surface area contributed by atoms with E-state index in [0.29, 0.717) is 17.1 Å². The third-order valence-electron chi connectivity index (χ3n) is 4.23. The SMILES string of the molecule is COc1cc([N+](=O)[O-])ccc1C(=O)Nc1cc2c(cc1N)[C@H](C)C(=O)N2. The number of fused-ring (bicyclic) bond motifs is 1. The Morgan fingerprint density at radius 1 is 1.35 bits per heavy atom. The number of nitro groups is 1. The number of nitrogen functional groups attached to an aromatic ring is 1. The highest BCUT2D eigenvalue weighted by Gasteiger charge is 2.28. The van der Waals surface area contributed by atoms with E-state index in [9.17, 15) is 19.7 Å². The Labute approximate surface area is 148 Å². The van der Waals surface area contributed by atoms with Gasteiger partial charge in [-0.2, -0.15) is 0 Å². The van der Waals surface area contributed by atoms with Crippen molar-refractivity contribution in [3.63, 3.8) is 0 Å². The number of hydrogen-bond acceptors (Lipinski definition) is 6. The normalized spacial score (nSPS) is 15.2. The van der Waals surface area contributed by atoms with Crippen molar-refractivity contribution in [1.29, 1.82) is 0 Å². The van der Waals surface area contributed by atoms with Crippen molar-refractivity contribution >= 4 is 34.6 Å². The zero-order valence-corrected chi connectivity index (χ0v) is 14.0. The Balaban J connectivity index is 1.91. The van der Waals surface area contributed by atoms with Crippen molar-refractivity contribution in [2.45, 2.75) is 12.8 Å². The van der Waals surface area contributed by atoms with Gasteiger partial charge in [0, 0.05) is 11.8 Å². The van der Waals surface area contributed by atoms with E-state index in [1.165, 1.54) is 25.3 Å². The predicted molar refractivity (Wildman–Crippen MR) is 95.5 cm³/mol. The number of non-ortho nitro benzene ring substituents is 1. The van der Waals surface area contributed by atoms with Crippen molar-refractivity contribution in [3.8, 4) is 5.75 Å². The lowest BCUT2D eigenvalue weighted by Gasteiger charge is -2.13. The summed E-state index contributed by atoms with van der Waals surface area (Å²) in [6.45, 7) is 1.76. The lowest BCUT2D eigenvalue weighted by molar-refractivity contribution is -0.384. The molecule has 2 aromatic rings. The number of nitro benzene ring substituents is 1. The molecular weight excluding hydrogens is 340 g/mol. The summed E-state index contributed by atoms with van der Waals surface area (Å²) in [5.41, 5.74) is 7.90. The molecule has 1 atom stereocenters. The first-order chi connectivity index (χ1) is 12.3. The summed E-state index contributed by atoms with van der Waals surface area (Å²) in [6, 6.07) is 6.91.